The molecule has 0 aromatic carbocycles. The highest BCUT2D eigenvalue weighted by Gasteiger charge is 2.24. The standard InChI is InChI=1S/C15H26BrN3O/c1-6-7-18(5)13-8-14(20)19(17-10-13)11-12(9-16)15(2,3)4/h8,10,12H,6-7,9,11H2,1-5H3. The summed E-state index contributed by atoms with van der Waals surface area (Å²) >= 11 is 3.54. The van der Waals surface area contributed by atoms with Crippen molar-refractivity contribution in [1.82, 2.24) is 9.78 Å². The van der Waals surface area contributed by atoms with Gasteiger partial charge in [0.25, 0.3) is 5.56 Å². The van der Waals surface area contributed by atoms with Crippen molar-refractivity contribution in [3.05, 3.63) is 22.6 Å². The summed E-state index contributed by atoms with van der Waals surface area (Å²) in [6.45, 7) is 10.3. The average molecular weight is 344 g/mol. The molecule has 0 amide bonds. The second kappa shape index (κ2) is 7.25. The van der Waals surface area contributed by atoms with Crippen LogP contribution in [0.2, 0.25) is 0 Å². The van der Waals surface area contributed by atoms with Gasteiger partial charge in [0, 0.05) is 31.5 Å². The Kier molecular flexibility index (Phi) is 6.24. The highest BCUT2D eigenvalue weighted by atomic mass is 79.9. The normalized spacial score (nSPS) is 13.3. The van der Waals surface area contributed by atoms with Crippen LogP contribution in [0.5, 0.6) is 0 Å². The number of anilines is 1. The zero-order valence-corrected chi connectivity index (χ0v) is 14.8. The molecule has 1 unspecified atom stereocenters. The van der Waals surface area contributed by atoms with Gasteiger partial charge in [-0.2, -0.15) is 5.10 Å². The van der Waals surface area contributed by atoms with E-state index in [0.717, 1.165) is 24.0 Å². The third-order valence-corrected chi connectivity index (χ3v) is 4.44. The van der Waals surface area contributed by atoms with Gasteiger partial charge in [-0.1, -0.05) is 43.6 Å². The molecule has 0 aliphatic heterocycles. The molecule has 0 radical (unpaired) electrons. The lowest BCUT2D eigenvalue weighted by molar-refractivity contribution is 0.228. The van der Waals surface area contributed by atoms with Gasteiger partial charge in [-0.3, -0.25) is 4.79 Å². The Labute approximate surface area is 130 Å². The third kappa shape index (κ3) is 4.62. The molecule has 1 rings (SSSR count). The highest BCUT2D eigenvalue weighted by Crippen LogP contribution is 2.28. The lowest BCUT2D eigenvalue weighted by Gasteiger charge is -2.29. The molecule has 0 fully saturated rings. The summed E-state index contributed by atoms with van der Waals surface area (Å²) in [5, 5.41) is 5.19. The predicted octanol–water partition coefficient (Wildman–Crippen LogP) is 3.15. The number of hydrogen-bond donors (Lipinski definition) is 0. The molecule has 1 aromatic heterocycles. The van der Waals surface area contributed by atoms with E-state index in [0.29, 0.717) is 12.5 Å². The quantitative estimate of drug-likeness (QED) is 0.744. The Balaban J connectivity index is 2.91. The Morgan fingerprint density at radius 1 is 1.45 bits per heavy atom. The SMILES string of the molecule is CCCN(C)c1cnn(CC(CBr)C(C)(C)C)c(=O)c1. The van der Waals surface area contributed by atoms with Gasteiger partial charge in [0.15, 0.2) is 0 Å². The molecular weight excluding hydrogens is 318 g/mol. The molecule has 0 saturated heterocycles. The molecule has 0 saturated carbocycles. The minimum absolute atomic E-state index is 0.0272. The number of nitrogens with zero attached hydrogens (tertiary/aromatic N) is 3. The lowest BCUT2D eigenvalue weighted by atomic mass is 9.82. The fourth-order valence-corrected chi connectivity index (χ4v) is 3.17. The summed E-state index contributed by atoms with van der Waals surface area (Å²) in [5.74, 6) is 0.368. The summed E-state index contributed by atoms with van der Waals surface area (Å²) < 4.78 is 1.57. The summed E-state index contributed by atoms with van der Waals surface area (Å²) in [7, 11) is 1.99. The van der Waals surface area contributed by atoms with Crippen LogP contribution in [0.3, 0.4) is 0 Å². The second-order valence-electron chi connectivity index (χ2n) is 6.37. The summed E-state index contributed by atoms with van der Waals surface area (Å²) in [4.78, 5) is 14.2. The Morgan fingerprint density at radius 3 is 2.55 bits per heavy atom. The summed E-state index contributed by atoms with van der Waals surface area (Å²) in [6.07, 6.45) is 2.83. The van der Waals surface area contributed by atoms with Gasteiger partial charge in [-0.05, 0) is 17.8 Å². The molecule has 0 aliphatic carbocycles. The first-order valence-electron chi connectivity index (χ1n) is 7.13. The van der Waals surface area contributed by atoms with Crippen LogP contribution in [0.15, 0.2) is 17.1 Å². The van der Waals surface area contributed by atoms with Crippen LogP contribution in [-0.4, -0.2) is 28.7 Å². The number of hydrogen-bond acceptors (Lipinski definition) is 3. The summed E-state index contributed by atoms with van der Waals surface area (Å²) in [5.41, 5.74) is 1.00. The van der Waals surface area contributed by atoms with Gasteiger partial charge in [0.2, 0.25) is 0 Å². The first kappa shape index (κ1) is 17.2. The van der Waals surface area contributed by atoms with Crippen LogP contribution in [0.25, 0.3) is 0 Å². The fraction of sp³-hybridized carbons (Fsp3) is 0.733. The van der Waals surface area contributed by atoms with Crippen molar-refractivity contribution < 1.29 is 0 Å². The van der Waals surface area contributed by atoms with E-state index in [1.807, 2.05) is 7.05 Å². The molecule has 0 spiro atoms. The van der Waals surface area contributed by atoms with Crippen LogP contribution < -0.4 is 10.5 Å². The minimum Gasteiger partial charge on any atom is -0.373 e. The van der Waals surface area contributed by atoms with Crippen LogP contribution >= 0.6 is 15.9 Å². The molecule has 0 aliphatic rings. The average Bonchev–Trinajstić information content (AvgIpc) is 2.36. The molecule has 4 nitrogen and oxygen atoms in total. The molecule has 5 heteroatoms. The van der Waals surface area contributed by atoms with Crippen LogP contribution in [-0.2, 0) is 6.54 Å². The van der Waals surface area contributed by atoms with Gasteiger partial charge in [0.05, 0.1) is 11.9 Å². The van der Waals surface area contributed by atoms with E-state index in [1.54, 1.807) is 16.9 Å². The largest absolute Gasteiger partial charge is 0.373 e. The maximum atomic E-state index is 12.2. The molecule has 0 N–H and O–H groups in total. The minimum atomic E-state index is -0.0272. The van der Waals surface area contributed by atoms with E-state index < -0.39 is 0 Å². The number of rotatable bonds is 6. The third-order valence-electron chi connectivity index (χ3n) is 3.66. The van der Waals surface area contributed by atoms with Gasteiger partial charge in [0.1, 0.15) is 0 Å². The first-order valence-corrected chi connectivity index (χ1v) is 8.26. The van der Waals surface area contributed by atoms with Gasteiger partial charge in [-0.25, -0.2) is 4.68 Å². The molecule has 114 valence electrons. The van der Waals surface area contributed by atoms with Crippen molar-refractivity contribution >= 4 is 21.6 Å². The first-order chi connectivity index (χ1) is 9.29. The molecule has 1 heterocycles. The van der Waals surface area contributed by atoms with E-state index in [2.05, 4.69) is 53.6 Å². The topological polar surface area (TPSA) is 38.1 Å². The zero-order valence-electron chi connectivity index (χ0n) is 13.2. The number of alkyl halides is 1. The van der Waals surface area contributed by atoms with Crippen molar-refractivity contribution in [3.63, 3.8) is 0 Å². The second-order valence-corrected chi connectivity index (χ2v) is 7.02. The molecule has 1 atom stereocenters. The van der Waals surface area contributed by atoms with E-state index in [9.17, 15) is 4.79 Å². The van der Waals surface area contributed by atoms with E-state index in [4.69, 9.17) is 0 Å². The molecular formula is C15H26BrN3O. The van der Waals surface area contributed by atoms with E-state index in [1.165, 1.54) is 0 Å². The maximum Gasteiger partial charge on any atom is 0.268 e. The van der Waals surface area contributed by atoms with Gasteiger partial charge in [-0.15, -0.1) is 0 Å². The van der Waals surface area contributed by atoms with Crippen molar-refractivity contribution in [2.75, 3.05) is 23.8 Å². The molecule has 0 bridgehead atoms. The smallest absolute Gasteiger partial charge is 0.268 e. The van der Waals surface area contributed by atoms with Crippen molar-refractivity contribution in [2.24, 2.45) is 11.3 Å². The Morgan fingerprint density at radius 2 is 2.10 bits per heavy atom. The van der Waals surface area contributed by atoms with Crippen LogP contribution in [0, 0.1) is 11.3 Å². The molecule has 20 heavy (non-hydrogen) atoms. The van der Waals surface area contributed by atoms with Crippen molar-refractivity contribution in [2.45, 2.75) is 40.7 Å². The monoisotopic (exact) mass is 343 g/mol. The highest BCUT2D eigenvalue weighted by molar-refractivity contribution is 9.09. The van der Waals surface area contributed by atoms with Crippen LogP contribution in [0.4, 0.5) is 5.69 Å². The lowest BCUT2D eigenvalue weighted by Crippen LogP contribution is -2.33. The maximum absolute atomic E-state index is 12.2. The van der Waals surface area contributed by atoms with Crippen molar-refractivity contribution in [1.29, 1.82) is 0 Å². The van der Waals surface area contributed by atoms with Crippen LogP contribution in [0.1, 0.15) is 34.1 Å². The Bertz CT molecular complexity index is 479. The van der Waals surface area contributed by atoms with Crippen molar-refractivity contribution in [3.8, 4) is 0 Å². The van der Waals surface area contributed by atoms with Gasteiger partial charge >= 0.3 is 0 Å². The number of aromatic nitrogens is 2. The number of halogens is 1. The van der Waals surface area contributed by atoms with E-state index in [-0.39, 0.29) is 11.0 Å². The fourth-order valence-electron chi connectivity index (χ4n) is 2.00. The van der Waals surface area contributed by atoms with Gasteiger partial charge < -0.3 is 4.90 Å². The van der Waals surface area contributed by atoms with E-state index >= 15 is 0 Å². The predicted molar refractivity (Wildman–Crippen MR) is 88.8 cm³/mol. The molecule has 1 aromatic rings. The zero-order chi connectivity index (χ0) is 15.3. The summed E-state index contributed by atoms with van der Waals surface area (Å²) in [6, 6.07) is 1.68. The Hall–Kier alpha value is -0.840.